The van der Waals surface area contributed by atoms with E-state index < -0.39 is 0 Å². The predicted octanol–water partition coefficient (Wildman–Crippen LogP) is 5.04. The molecule has 8 heteroatoms. The quantitative estimate of drug-likeness (QED) is 0.448. The van der Waals surface area contributed by atoms with Gasteiger partial charge in [0.05, 0.1) is 21.8 Å². The second kappa shape index (κ2) is 9.50. The zero-order valence-corrected chi connectivity index (χ0v) is 17.7. The number of rotatable bonds is 7. The molecule has 29 heavy (non-hydrogen) atoms. The first-order valence-electron chi connectivity index (χ1n) is 8.50. The van der Waals surface area contributed by atoms with E-state index in [-0.39, 0.29) is 13.2 Å². The maximum absolute atomic E-state index is 11.4. The van der Waals surface area contributed by atoms with Crippen molar-refractivity contribution in [2.24, 2.45) is 0 Å². The lowest BCUT2D eigenvalue weighted by Gasteiger charge is -2.14. The lowest BCUT2D eigenvalue weighted by atomic mass is 10.2. The monoisotopic (exact) mass is 471 g/mol. The van der Waals surface area contributed by atoms with E-state index in [9.17, 15) is 4.79 Å². The molecule has 0 radical (unpaired) electrons. The summed E-state index contributed by atoms with van der Waals surface area (Å²) >= 11 is 9.72. The van der Waals surface area contributed by atoms with E-state index in [0.717, 1.165) is 15.7 Å². The number of nitrogens with zero attached hydrogens (tertiary/aromatic N) is 3. The van der Waals surface area contributed by atoms with Crippen LogP contribution in [0, 0.1) is 18.3 Å². The summed E-state index contributed by atoms with van der Waals surface area (Å²) in [5, 5.41) is 9.26. The first-order chi connectivity index (χ1) is 14.0. The largest absolute Gasteiger partial charge is 0.488 e. The van der Waals surface area contributed by atoms with Crippen molar-refractivity contribution in [1.29, 1.82) is 5.26 Å². The van der Waals surface area contributed by atoms with Crippen LogP contribution in [-0.2, 0) is 13.2 Å². The van der Waals surface area contributed by atoms with Gasteiger partial charge in [-0.2, -0.15) is 5.26 Å². The van der Waals surface area contributed by atoms with E-state index in [2.05, 4.69) is 25.9 Å². The third-order valence-corrected chi connectivity index (χ3v) is 5.27. The van der Waals surface area contributed by atoms with Gasteiger partial charge >= 0.3 is 0 Å². The molecule has 0 saturated carbocycles. The highest BCUT2D eigenvalue weighted by molar-refractivity contribution is 9.10. The number of carbonyl (C=O) groups is 1. The number of benzene rings is 1. The number of halogens is 2. The first kappa shape index (κ1) is 20.8. The Hall–Kier alpha value is -2.95. The van der Waals surface area contributed by atoms with Crippen molar-refractivity contribution in [1.82, 2.24) is 9.97 Å². The summed E-state index contributed by atoms with van der Waals surface area (Å²) in [4.78, 5) is 19.7. The molecule has 0 spiro atoms. The molecular formula is C21H15BrClN3O3. The van der Waals surface area contributed by atoms with E-state index >= 15 is 0 Å². The van der Waals surface area contributed by atoms with Crippen molar-refractivity contribution in [2.45, 2.75) is 20.1 Å². The minimum Gasteiger partial charge on any atom is -0.488 e. The van der Waals surface area contributed by atoms with Gasteiger partial charge in [-0.25, -0.2) is 0 Å². The Kier molecular flexibility index (Phi) is 6.81. The molecule has 0 amide bonds. The molecule has 146 valence electrons. The number of hydrogen-bond donors (Lipinski definition) is 0. The standard InChI is InChI=1S/C21H15BrClN3O3/c1-13-17(22)2-3-26-19(13)12-29-21-6-20(16(10-27)5-18(21)23)28-11-15-4-14(7-24)8-25-9-15/h2-6,8-10H,11-12H2,1H3. The maximum Gasteiger partial charge on any atom is 0.153 e. The second-order valence-electron chi connectivity index (χ2n) is 6.07. The minimum absolute atomic E-state index is 0.136. The number of aldehydes is 1. The highest BCUT2D eigenvalue weighted by Crippen LogP contribution is 2.33. The van der Waals surface area contributed by atoms with Crippen LogP contribution >= 0.6 is 27.5 Å². The van der Waals surface area contributed by atoms with Gasteiger partial charge in [0.15, 0.2) is 6.29 Å². The summed E-state index contributed by atoms with van der Waals surface area (Å²) in [5.41, 5.74) is 3.15. The molecule has 0 aliphatic rings. The van der Waals surface area contributed by atoms with Crippen molar-refractivity contribution in [3.8, 4) is 17.6 Å². The number of carbonyl (C=O) groups excluding carboxylic acids is 1. The molecule has 0 bridgehead atoms. The molecular weight excluding hydrogens is 458 g/mol. The Morgan fingerprint density at radius 3 is 2.76 bits per heavy atom. The average Bonchev–Trinajstić information content (AvgIpc) is 2.74. The molecule has 0 aliphatic carbocycles. The lowest BCUT2D eigenvalue weighted by Crippen LogP contribution is -2.03. The summed E-state index contributed by atoms with van der Waals surface area (Å²) in [6.07, 6.45) is 5.41. The molecule has 2 aromatic heterocycles. The number of hydrogen-bond acceptors (Lipinski definition) is 6. The Morgan fingerprint density at radius 2 is 2.00 bits per heavy atom. The Morgan fingerprint density at radius 1 is 1.21 bits per heavy atom. The van der Waals surface area contributed by atoms with Gasteiger partial charge in [0.2, 0.25) is 0 Å². The fraction of sp³-hybridized carbons (Fsp3) is 0.143. The van der Waals surface area contributed by atoms with Crippen LogP contribution in [0.2, 0.25) is 5.02 Å². The number of nitriles is 1. The molecule has 6 nitrogen and oxygen atoms in total. The van der Waals surface area contributed by atoms with Crippen LogP contribution in [0.25, 0.3) is 0 Å². The fourth-order valence-corrected chi connectivity index (χ4v) is 3.08. The maximum atomic E-state index is 11.4. The minimum atomic E-state index is 0.136. The number of pyridine rings is 2. The Labute approximate surface area is 181 Å². The van der Waals surface area contributed by atoms with Gasteiger partial charge < -0.3 is 9.47 Å². The van der Waals surface area contributed by atoms with Crippen LogP contribution in [0.3, 0.4) is 0 Å². The molecule has 0 fully saturated rings. The van der Waals surface area contributed by atoms with Crippen LogP contribution in [-0.4, -0.2) is 16.3 Å². The van der Waals surface area contributed by atoms with Crippen molar-refractivity contribution in [3.63, 3.8) is 0 Å². The topological polar surface area (TPSA) is 85.1 Å². The normalized spacial score (nSPS) is 10.3. The number of ether oxygens (including phenoxy) is 2. The van der Waals surface area contributed by atoms with E-state index in [1.165, 1.54) is 12.3 Å². The van der Waals surface area contributed by atoms with Crippen molar-refractivity contribution in [3.05, 3.63) is 80.3 Å². The average molecular weight is 473 g/mol. The second-order valence-corrected chi connectivity index (χ2v) is 7.34. The van der Waals surface area contributed by atoms with Gasteiger partial charge in [0.25, 0.3) is 0 Å². The van der Waals surface area contributed by atoms with Crippen molar-refractivity contribution in [2.75, 3.05) is 0 Å². The molecule has 0 aliphatic heterocycles. The molecule has 2 heterocycles. The van der Waals surface area contributed by atoms with Crippen LogP contribution in [0.4, 0.5) is 0 Å². The fourth-order valence-electron chi connectivity index (χ4n) is 2.51. The van der Waals surface area contributed by atoms with Gasteiger partial charge in [-0.1, -0.05) is 27.5 Å². The predicted molar refractivity (Wildman–Crippen MR) is 111 cm³/mol. The smallest absolute Gasteiger partial charge is 0.153 e. The summed E-state index contributed by atoms with van der Waals surface area (Å²) in [7, 11) is 0. The van der Waals surface area contributed by atoms with Crippen molar-refractivity contribution >= 4 is 33.8 Å². The zero-order valence-electron chi connectivity index (χ0n) is 15.4. The van der Waals surface area contributed by atoms with E-state index in [4.69, 9.17) is 26.3 Å². The summed E-state index contributed by atoms with van der Waals surface area (Å²) < 4.78 is 12.5. The van der Waals surface area contributed by atoms with Crippen LogP contribution in [0.15, 0.2) is 47.3 Å². The molecule has 0 N–H and O–H groups in total. The lowest BCUT2D eigenvalue weighted by molar-refractivity contribution is 0.111. The molecule has 3 rings (SSSR count). The van der Waals surface area contributed by atoms with Gasteiger partial charge in [-0.15, -0.1) is 0 Å². The van der Waals surface area contributed by atoms with Gasteiger partial charge in [-0.3, -0.25) is 14.8 Å². The molecule has 0 unspecified atom stereocenters. The zero-order chi connectivity index (χ0) is 20.8. The van der Waals surface area contributed by atoms with Crippen molar-refractivity contribution < 1.29 is 14.3 Å². The Bertz CT molecular complexity index is 1100. The highest BCUT2D eigenvalue weighted by Gasteiger charge is 2.13. The molecule has 3 aromatic rings. The molecule has 0 saturated heterocycles. The third-order valence-electron chi connectivity index (χ3n) is 4.12. The van der Waals surface area contributed by atoms with Gasteiger partial charge in [-0.05, 0) is 30.7 Å². The summed E-state index contributed by atoms with van der Waals surface area (Å²) in [5.74, 6) is 0.693. The highest BCUT2D eigenvalue weighted by atomic mass is 79.9. The summed E-state index contributed by atoms with van der Waals surface area (Å²) in [6, 6.07) is 8.61. The van der Waals surface area contributed by atoms with E-state index in [1.807, 2.05) is 19.1 Å². The van der Waals surface area contributed by atoms with Crippen LogP contribution in [0.1, 0.15) is 32.7 Å². The van der Waals surface area contributed by atoms with Crippen LogP contribution in [0.5, 0.6) is 11.5 Å². The van der Waals surface area contributed by atoms with Crippen LogP contribution < -0.4 is 9.47 Å². The molecule has 1 aromatic carbocycles. The first-order valence-corrected chi connectivity index (χ1v) is 9.67. The molecule has 0 atom stereocenters. The summed E-state index contributed by atoms with van der Waals surface area (Å²) in [6.45, 7) is 2.28. The Balaban J connectivity index is 1.79. The van der Waals surface area contributed by atoms with Gasteiger partial charge in [0.1, 0.15) is 30.8 Å². The van der Waals surface area contributed by atoms with Gasteiger partial charge in [0, 0.05) is 34.7 Å². The number of aromatic nitrogens is 2. The SMILES string of the molecule is Cc1c(Br)ccnc1COc1cc(OCc2cncc(C#N)c2)c(C=O)cc1Cl. The third kappa shape index (κ3) is 5.11. The van der Waals surface area contributed by atoms with E-state index in [0.29, 0.717) is 39.5 Å². The van der Waals surface area contributed by atoms with E-state index in [1.54, 1.807) is 24.5 Å².